The van der Waals surface area contributed by atoms with Crippen molar-refractivity contribution in [3.05, 3.63) is 75.7 Å². The fourth-order valence-electron chi connectivity index (χ4n) is 3.29. The first kappa shape index (κ1) is 17.2. The predicted molar refractivity (Wildman–Crippen MR) is 108 cm³/mol. The lowest BCUT2D eigenvalue weighted by Crippen LogP contribution is -2.07. The minimum atomic E-state index is -0.150. The number of fused-ring (bicyclic) bond motifs is 2. The van der Waals surface area contributed by atoms with Gasteiger partial charge in [0.1, 0.15) is 11.7 Å². The Labute approximate surface area is 168 Å². The molecule has 0 spiro atoms. The number of nitrogens with zero attached hydrogens (tertiary/aromatic N) is 6. The molecular weight excluding hydrogens is 390 g/mol. The molecule has 0 amide bonds. The maximum atomic E-state index is 12.4. The van der Waals surface area contributed by atoms with Gasteiger partial charge >= 0.3 is 0 Å². The summed E-state index contributed by atoms with van der Waals surface area (Å²) in [6, 6.07) is 7.10. The lowest BCUT2D eigenvalue weighted by molar-refractivity contribution is 0.837. The summed E-state index contributed by atoms with van der Waals surface area (Å²) < 4.78 is 3.34. The number of nitrogens with one attached hydrogen (secondary N) is 1. The summed E-state index contributed by atoms with van der Waals surface area (Å²) in [6.45, 7) is 1.76. The molecule has 8 nitrogen and oxygen atoms in total. The van der Waals surface area contributed by atoms with Crippen molar-refractivity contribution >= 4 is 28.3 Å². The molecule has 0 saturated carbocycles. The van der Waals surface area contributed by atoms with E-state index >= 15 is 0 Å². The minimum Gasteiger partial charge on any atom is -0.346 e. The van der Waals surface area contributed by atoms with Crippen LogP contribution in [0.3, 0.4) is 0 Å². The highest BCUT2D eigenvalue weighted by Crippen LogP contribution is 2.31. The van der Waals surface area contributed by atoms with Crippen LogP contribution in [0.15, 0.2) is 54.0 Å². The van der Waals surface area contributed by atoms with Crippen LogP contribution in [-0.4, -0.2) is 29.1 Å². The largest absolute Gasteiger partial charge is 0.346 e. The second kappa shape index (κ2) is 6.29. The Hall–Kier alpha value is -3.96. The Morgan fingerprint density at radius 1 is 1.28 bits per heavy atom. The smallest absolute Gasteiger partial charge is 0.191 e. The van der Waals surface area contributed by atoms with E-state index in [0.29, 0.717) is 44.3 Å². The van der Waals surface area contributed by atoms with Crippen molar-refractivity contribution < 1.29 is 0 Å². The van der Waals surface area contributed by atoms with Crippen molar-refractivity contribution in [3.8, 4) is 23.0 Å². The van der Waals surface area contributed by atoms with Crippen LogP contribution in [-0.2, 0) is 0 Å². The molecular formula is C20H12ClN7O. The first-order chi connectivity index (χ1) is 14.0. The maximum absolute atomic E-state index is 12.4. The quantitative estimate of drug-likeness (QED) is 0.488. The highest BCUT2D eigenvalue weighted by Gasteiger charge is 2.17. The fourth-order valence-corrected chi connectivity index (χ4v) is 3.55. The van der Waals surface area contributed by atoms with Gasteiger partial charge in [-0.2, -0.15) is 10.4 Å². The van der Waals surface area contributed by atoms with Gasteiger partial charge in [-0.1, -0.05) is 11.6 Å². The fraction of sp³-hybridized carbons (Fsp3) is 0.0500. The summed E-state index contributed by atoms with van der Waals surface area (Å²) in [7, 11) is 0. The zero-order valence-electron chi connectivity index (χ0n) is 15.1. The highest BCUT2D eigenvalue weighted by atomic mass is 35.5. The van der Waals surface area contributed by atoms with Crippen LogP contribution < -0.4 is 5.43 Å². The molecule has 5 heterocycles. The number of aromatic nitrogens is 6. The Bertz CT molecular complexity index is 1520. The van der Waals surface area contributed by atoms with Gasteiger partial charge in [0.25, 0.3) is 0 Å². The van der Waals surface area contributed by atoms with Crippen molar-refractivity contribution in [1.82, 2.24) is 29.1 Å². The van der Waals surface area contributed by atoms with Gasteiger partial charge in [0.15, 0.2) is 16.9 Å². The second-order valence-electron chi connectivity index (χ2n) is 6.52. The first-order valence-electron chi connectivity index (χ1n) is 8.67. The molecule has 0 aliphatic carbocycles. The van der Waals surface area contributed by atoms with E-state index in [2.05, 4.69) is 26.1 Å². The SMILES string of the molecule is Cc1nn(-c2nc3[nH]ccc(=O)c3cc2-c2cc(Cl)c3nccn3c2)cc1C#N. The van der Waals surface area contributed by atoms with Gasteiger partial charge < -0.3 is 9.38 Å². The summed E-state index contributed by atoms with van der Waals surface area (Å²) in [5.74, 6) is 0.472. The Kier molecular flexibility index (Phi) is 3.72. The summed E-state index contributed by atoms with van der Waals surface area (Å²) in [4.78, 5) is 24.2. The van der Waals surface area contributed by atoms with Gasteiger partial charge in [-0.25, -0.2) is 14.6 Å². The Morgan fingerprint density at radius 3 is 2.93 bits per heavy atom. The van der Waals surface area contributed by atoms with Crippen LogP contribution in [0.4, 0.5) is 0 Å². The Morgan fingerprint density at radius 2 is 2.14 bits per heavy atom. The number of aryl methyl sites for hydroxylation is 1. The van der Waals surface area contributed by atoms with Crippen molar-refractivity contribution in [2.75, 3.05) is 0 Å². The number of aromatic amines is 1. The standard InChI is InChI=1S/C20H12ClN7O/c1-11-13(8-22)10-28(26-11)19-14(7-15-17(29)2-3-23-18(15)25-19)12-6-16(21)20-24-4-5-27(20)9-12/h2-7,9-10H,1H3,(H,23,25,29). The zero-order valence-corrected chi connectivity index (χ0v) is 15.8. The van der Waals surface area contributed by atoms with Gasteiger partial charge in [0, 0.05) is 42.0 Å². The third-order valence-electron chi connectivity index (χ3n) is 4.71. The van der Waals surface area contributed by atoms with E-state index in [1.165, 1.54) is 6.07 Å². The molecule has 0 unspecified atom stereocenters. The summed E-state index contributed by atoms with van der Waals surface area (Å²) in [5, 5.41) is 14.6. The number of hydrogen-bond donors (Lipinski definition) is 1. The van der Waals surface area contributed by atoms with E-state index in [1.807, 2.05) is 6.20 Å². The number of H-pyrrole nitrogens is 1. The number of pyridine rings is 3. The molecule has 0 aliphatic heterocycles. The topological polar surface area (TPSA) is 105 Å². The molecule has 0 bridgehead atoms. The van der Waals surface area contributed by atoms with Crippen molar-refractivity contribution in [2.45, 2.75) is 6.92 Å². The van der Waals surface area contributed by atoms with Crippen molar-refractivity contribution in [2.24, 2.45) is 0 Å². The number of hydrogen-bond acceptors (Lipinski definition) is 5. The monoisotopic (exact) mass is 401 g/mol. The molecule has 9 heteroatoms. The summed E-state index contributed by atoms with van der Waals surface area (Å²) >= 11 is 6.42. The van der Waals surface area contributed by atoms with E-state index in [0.717, 1.165) is 5.56 Å². The second-order valence-corrected chi connectivity index (χ2v) is 6.92. The van der Waals surface area contributed by atoms with Crippen LogP contribution in [0.5, 0.6) is 0 Å². The number of nitriles is 1. The Balaban J connectivity index is 1.87. The summed E-state index contributed by atoms with van der Waals surface area (Å²) in [6.07, 6.45) is 8.47. The molecule has 0 fully saturated rings. The lowest BCUT2D eigenvalue weighted by atomic mass is 10.1. The van der Waals surface area contributed by atoms with E-state index in [9.17, 15) is 10.1 Å². The molecule has 0 aliphatic rings. The van der Waals surface area contributed by atoms with Crippen LogP contribution in [0.1, 0.15) is 11.3 Å². The average molecular weight is 402 g/mol. The molecule has 29 heavy (non-hydrogen) atoms. The van der Waals surface area contributed by atoms with E-state index in [4.69, 9.17) is 11.6 Å². The molecule has 0 radical (unpaired) electrons. The van der Waals surface area contributed by atoms with Gasteiger partial charge in [0.2, 0.25) is 0 Å². The first-order valence-corrected chi connectivity index (χ1v) is 9.05. The lowest BCUT2D eigenvalue weighted by Gasteiger charge is -2.12. The minimum absolute atomic E-state index is 0.150. The molecule has 0 aromatic carbocycles. The molecule has 140 valence electrons. The number of imidazole rings is 1. The van der Waals surface area contributed by atoms with Crippen LogP contribution >= 0.6 is 11.6 Å². The highest BCUT2D eigenvalue weighted by molar-refractivity contribution is 6.33. The average Bonchev–Trinajstić information content (AvgIpc) is 3.34. The molecule has 5 rings (SSSR count). The molecule has 0 saturated heterocycles. The van der Waals surface area contributed by atoms with Crippen LogP contribution in [0.25, 0.3) is 33.6 Å². The molecule has 0 atom stereocenters. The zero-order chi connectivity index (χ0) is 20.1. The predicted octanol–water partition coefficient (Wildman–Crippen LogP) is 3.26. The summed E-state index contributed by atoms with van der Waals surface area (Å²) in [5.41, 5.74) is 3.33. The van der Waals surface area contributed by atoms with Crippen LogP contribution in [0.2, 0.25) is 5.02 Å². The number of halogens is 1. The third-order valence-corrected chi connectivity index (χ3v) is 4.99. The number of rotatable bonds is 2. The molecule has 5 aromatic rings. The maximum Gasteiger partial charge on any atom is 0.191 e. The van der Waals surface area contributed by atoms with E-state index in [-0.39, 0.29) is 5.43 Å². The van der Waals surface area contributed by atoms with Crippen molar-refractivity contribution in [3.63, 3.8) is 0 Å². The van der Waals surface area contributed by atoms with E-state index in [1.54, 1.807) is 52.9 Å². The van der Waals surface area contributed by atoms with Gasteiger partial charge in [0.05, 0.1) is 27.9 Å². The van der Waals surface area contributed by atoms with Crippen LogP contribution in [0, 0.1) is 18.3 Å². The third kappa shape index (κ3) is 2.68. The molecule has 5 aromatic heterocycles. The normalized spacial score (nSPS) is 11.2. The molecule has 1 N–H and O–H groups in total. The van der Waals surface area contributed by atoms with Gasteiger partial charge in [-0.15, -0.1) is 0 Å². The van der Waals surface area contributed by atoms with Gasteiger partial charge in [-0.3, -0.25) is 4.79 Å². The van der Waals surface area contributed by atoms with E-state index < -0.39 is 0 Å². The van der Waals surface area contributed by atoms with Gasteiger partial charge in [-0.05, 0) is 19.1 Å². The van der Waals surface area contributed by atoms with Crippen molar-refractivity contribution in [1.29, 1.82) is 5.26 Å².